The molecule has 0 bridgehead atoms. The van der Waals surface area contributed by atoms with Crippen molar-refractivity contribution in [3.05, 3.63) is 85.2 Å². The molecule has 156 valence electrons. The molecule has 0 aliphatic carbocycles. The topological polar surface area (TPSA) is 93.4 Å². The number of Topliss-reactive ketones (excluding diaryl/α,β-unsaturated/α-hetero) is 1. The summed E-state index contributed by atoms with van der Waals surface area (Å²) in [6.45, 7) is 1.91. The minimum atomic E-state index is -0.519. The molecule has 0 unspecified atom stereocenters. The molecule has 0 N–H and O–H groups in total. The van der Waals surface area contributed by atoms with Crippen molar-refractivity contribution in [1.29, 1.82) is 0 Å². The molecule has 4 rings (SSSR count). The van der Waals surface area contributed by atoms with Gasteiger partial charge >= 0.3 is 0 Å². The Labute approximate surface area is 186 Å². The maximum Gasteiger partial charge on any atom is 0.269 e. The van der Waals surface area contributed by atoms with Crippen LogP contribution < -0.4 is 0 Å². The number of nitrogens with zero attached hydrogens (tertiary/aromatic N) is 3. The van der Waals surface area contributed by atoms with Crippen LogP contribution in [0.2, 0.25) is 0 Å². The molecule has 0 atom stereocenters. The number of carbonyl (C=O) groups is 2. The van der Waals surface area contributed by atoms with E-state index in [-0.39, 0.29) is 29.7 Å². The monoisotopic (exact) mass is 451 g/mol. The number of carbonyl (C=O) groups excluding carboxylic acids is 2. The summed E-state index contributed by atoms with van der Waals surface area (Å²) < 4.78 is 0. The fraction of sp³-hybridized carbons (Fsp3) is 0.136. The first-order chi connectivity index (χ1) is 14.9. The van der Waals surface area contributed by atoms with E-state index in [9.17, 15) is 19.7 Å². The number of thiazole rings is 1. The lowest BCUT2D eigenvalue weighted by Gasteiger charge is -2.16. The van der Waals surface area contributed by atoms with Crippen molar-refractivity contribution in [2.45, 2.75) is 6.92 Å². The first kappa shape index (κ1) is 21.0. The number of aromatic nitrogens is 1. The predicted octanol–water partition coefficient (Wildman–Crippen LogP) is 4.78. The molecule has 0 saturated carbocycles. The van der Waals surface area contributed by atoms with E-state index in [1.807, 2.05) is 42.6 Å². The van der Waals surface area contributed by atoms with E-state index in [0.717, 1.165) is 16.3 Å². The SMILES string of the molecule is Cc1ccc(-c2csc(/C=C3\SCC(=O)N3CC(=O)c3ccc([N+](=O)[O-])cc3)n2)cc1. The first-order valence-electron chi connectivity index (χ1n) is 9.36. The van der Waals surface area contributed by atoms with E-state index < -0.39 is 4.92 Å². The average Bonchev–Trinajstić information content (AvgIpc) is 3.36. The molecule has 2 heterocycles. The standard InChI is InChI=1S/C22H17N3O4S2/c1-14-2-4-15(5-3-14)18-12-30-20(23-18)10-22-24(21(27)13-31-22)11-19(26)16-6-8-17(9-7-16)25(28)29/h2-10,12H,11,13H2,1H3/b22-10-. The quantitative estimate of drug-likeness (QED) is 0.304. The van der Waals surface area contributed by atoms with E-state index in [0.29, 0.717) is 10.6 Å². The van der Waals surface area contributed by atoms with E-state index in [2.05, 4.69) is 4.98 Å². The second-order valence-electron chi connectivity index (χ2n) is 6.92. The van der Waals surface area contributed by atoms with Crippen molar-refractivity contribution >= 4 is 46.6 Å². The highest BCUT2D eigenvalue weighted by Crippen LogP contribution is 2.32. The molecule has 1 aromatic heterocycles. The van der Waals surface area contributed by atoms with E-state index in [1.165, 1.54) is 57.8 Å². The molecule has 1 aliphatic heterocycles. The van der Waals surface area contributed by atoms with Gasteiger partial charge in [-0.3, -0.25) is 24.6 Å². The number of rotatable bonds is 6. The smallest absolute Gasteiger partial charge is 0.269 e. The van der Waals surface area contributed by atoms with Crippen LogP contribution in [0.4, 0.5) is 5.69 Å². The normalized spacial score (nSPS) is 14.9. The number of hydrogen-bond donors (Lipinski definition) is 0. The summed E-state index contributed by atoms with van der Waals surface area (Å²) in [6.07, 6.45) is 1.82. The Bertz CT molecular complexity index is 1180. The maximum atomic E-state index is 12.6. The first-order valence-corrected chi connectivity index (χ1v) is 11.2. The maximum absolute atomic E-state index is 12.6. The van der Waals surface area contributed by atoms with E-state index >= 15 is 0 Å². The van der Waals surface area contributed by atoms with Gasteiger partial charge < -0.3 is 0 Å². The van der Waals surface area contributed by atoms with Crippen LogP contribution in [0.3, 0.4) is 0 Å². The Kier molecular flexibility index (Phi) is 5.97. The lowest BCUT2D eigenvalue weighted by molar-refractivity contribution is -0.384. The summed E-state index contributed by atoms with van der Waals surface area (Å²) in [7, 11) is 0. The van der Waals surface area contributed by atoms with Crippen LogP contribution in [0.25, 0.3) is 17.3 Å². The molecule has 1 fully saturated rings. The number of benzene rings is 2. The summed E-state index contributed by atoms with van der Waals surface area (Å²) >= 11 is 2.84. The average molecular weight is 452 g/mol. The van der Waals surface area contributed by atoms with Crippen LogP contribution in [-0.4, -0.2) is 38.8 Å². The van der Waals surface area contributed by atoms with Crippen LogP contribution in [0, 0.1) is 17.0 Å². The largest absolute Gasteiger partial charge is 0.298 e. The molecule has 7 nitrogen and oxygen atoms in total. The molecule has 31 heavy (non-hydrogen) atoms. The molecule has 1 saturated heterocycles. The Balaban J connectivity index is 1.51. The fourth-order valence-electron chi connectivity index (χ4n) is 3.02. The second-order valence-corrected chi connectivity index (χ2v) is 8.80. The lowest BCUT2D eigenvalue weighted by Crippen LogP contribution is -2.30. The van der Waals surface area contributed by atoms with Gasteiger partial charge in [0.2, 0.25) is 5.91 Å². The number of non-ortho nitro benzene ring substituents is 1. The lowest BCUT2D eigenvalue weighted by atomic mass is 10.1. The van der Waals surface area contributed by atoms with Gasteiger partial charge in [-0.05, 0) is 19.1 Å². The fourth-order valence-corrected chi connectivity index (χ4v) is 4.79. The van der Waals surface area contributed by atoms with Crippen LogP contribution in [-0.2, 0) is 4.79 Å². The summed E-state index contributed by atoms with van der Waals surface area (Å²) in [5.74, 6) is -0.173. The van der Waals surface area contributed by atoms with E-state index in [4.69, 9.17) is 0 Å². The van der Waals surface area contributed by atoms with Crippen LogP contribution >= 0.6 is 23.1 Å². The summed E-state index contributed by atoms with van der Waals surface area (Å²) in [5.41, 5.74) is 3.30. The Hall–Kier alpha value is -3.30. The van der Waals surface area contributed by atoms with Crippen molar-refractivity contribution in [2.75, 3.05) is 12.3 Å². The highest BCUT2D eigenvalue weighted by Gasteiger charge is 2.29. The van der Waals surface area contributed by atoms with Crippen molar-refractivity contribution in [3.63, 3.8) is 0 Å². The summed E-state index contributed by atoms with van der Waals surface area (Å²) in [5, 5.41) is 14.2. The molecule has 1 aliphatic rings. The molecule has 9 heteroatoms. The van der Waals surface area contributed by atoms with Crippen LogP contribution in [0.5, 0.6) is 0 Å². The van der Waals surface area contributed by atoms with Gasteiger partial charge in [-0.1, -0.05) is 41.6 Å². The number of nitro benzene ring substituents is 1. The number of thioether (sulfide) groups is 1. The Morgan fingerprint density at radius 2 is 1.90 bits per heavy atom. The molecule has 0 spiro atoms. The summed E-state index contributed by atoms with van der Waals surface area (Å²) in [6, 6.07) is 13.5. The zero-order valence-corrected chi connectivity index (χ0v) is 18.1. The number of nitro groups is 1. The minimum Gasteiger partial charge on any atom is -0.298 e. The van der Waals surface area contributed by atoms with Crippen molar-refractivity contribution in [3.8, 4) is 11.3 Å². The van der Waals surface area contributed by atoms with Crippen LogP contribution in [0.15, 0.2) is 58.9 Å². The zero-order valence-electron chi connectivity index (χ0n) is 16.5. The second kappa shape index (κ2) is 8.83. The van der Waals surface area contributed by atoms with Gasteiger partial charge in [0, 0.05) is 34.7 Å². The number of aryl methyl sites for hydroxylation is 1. The minimum absolute atomic E-state index is 0.0851. The highest BCUT2D eigenvalue weighted by atomic mass is 32.2. The zero-order chi connectivity index (χ0) is 22.0. The third kappa shape index (κ3) is 4.73. The molecule has 3 aromatic rings. The third-order valence-electron chi connectivity index (χ3n) is 4.73. The van der Waals surface area contributed by atoms with Gasteiger partial charge in [0.15, 0.2) is 5.78 Å². The van der Waals surface area contributed by atoms with Crippen molar-refractivity contribution in [1.82, 2.24) is 9.88 Å². The number of ketones is 1. The van der Waals surface area contributed by atoms with Gasteiger partial charge in [0.1, 0.15) is 5.01 Å². The predicted molar refractivity (Wildman–Crippen MR) is 122 cm³/mol. The van der Waals surface area contributed by atoms with Gasteiger partial charge in [-0.2, -0.15) is 0 Å². The Morgan fingerprint density at radius 3 is 2.58 bits per heavy atom. The molecule has 0 radical (unpaired) electrons. The summed E-state index contributed by atoms with van der Waals surface area (Å²) in [4.78, 5) is 41.3. The van der Waals surface area contributed by atoms with Crippen LogP contribution in [0.1, 0.15) is 20.9 Å². The van der Waals surface area contributed by atoms with Crippen molar-refractivity contribution in [2.24, 2.45) is 0 Å². The van der Waals surface area contributed by atoms with Gasteiger partial charge in [-0.25, -0.2) is 4.98 Å². The highest BCUT2D eigenvalue weighted by molar-refractivity contribution is 8.04. The van der Waals surface area contributed by atoms with Crippen molar-refractivity contribution < 1.29 is 14.5 Å². The molecular weight excluding hydrogens is 434 g/mol. The number of hydrogen-bond acceptors (Lipinski definition) is 7. The number of amides is 1. The van der Waals surface area contributed by atoms with Gasteiger partial charge in [0.25, 0.3) is 5.69 Å². The van der Waals surface area contributed by atoms with E-state index in [1.54, 1.807) is 0 Å². The molecular formula is C22H17N3O4S2. The van der Waals surface area contributed by atoms with Gasteiger partial charge in [-0.15, -0.1) is 11.3 Å². The molecule has 2 aromatic carbocycles. The molecule has 1 amide bonds. The Morgan fingerprint density at radius 1 is 1.19 bits per heavy atom. The van der Waals surface area contributed by atoms with Gasteiger partial charge in [0.05, 0.1) is 27.9 Å². The third-order valence-corrected chi connectivity index (χ3v) is 6.55.